The van der Waals surface area contributed by atoms with E-state index in [9.17, 15) is 0 Å². The minimum Gasteiger partial charge on any atom is -0.0683 e. The first-order chi connectivity index (χ1) is 61.8. The summed E-state index contributed by atoms with van der Waals surface area (Å²) in [7, 11) is 0. The zero-order valence-corrected chi connectivity index (χ0v) is 88.2. The van der Waals surface area contributed by atoms with Gasteiger partial charge in [-0.15, -0.1) is 0 Å². The van der Waals surface area contributed by atoms with Crippen molar-refractivity contribution < 1.29 is 0 Å². The van der Waals surface area contributed by atoms with Crippen molar-refractivity contribution in [3.8, 4) is 0 Å². The SMILES string of the molecule is CC.CC.CC.CC.CC.CC.CC.CC.CC.CC.Cc1cc(C)c2ccccc2c1.Cc1ccc(C)c2ccccc12.Cc1ccc(C)cc1.Cc1ccc2c(C)cccc2c1.Cc1ccc2cc(C)ccc2c1.Cc1ccc2ccc(C)cc2c1.Cc1ccc2cccc(C)c2c1.Cc1cccc(C)c1.Cc1cccc2c(C)cccc12.Cc1ccccc1C. The second-order valence-corrected chi connectivity index (χ2v) is 29.5. The zero-order chi connectivity index (χ0) is 97.8. The molecule has 0 aromatic heterocycles. The molecule has 0 bridgehead atoms. The van der Waals surface area contributed by atoms with Crippen LogP contribution in [0, 0.1) is 138 Å². The maximum absolute atomic E-state index is 2.24. The maximum Gasteiger partial charge on any atom is -0.0152 e. The molecule has 686 valence electrons. The van der Waals surface area contributed by atoms with Crippen molar-refractivity contribution in [1.82, 2.24) is 0 Å². The molecule has 0 atom stereocenters. The fourth-order valence-corrected chi connectivity index (χ4v) is 13.1. The Bertz CT molecular complexity index is 5430. The van der Waals surface area contributed by atoms with Gasteiger partial charge in [0.25, 0.3) is 0 Å². The fourth-order valence-electron chi connectivity index (χ4n) is 13.1. The molecule has 0 spiro atoms. The van der Waals surface area contributed by atoms with Gasteiger partial charge in [-0.1, -0.05) is 527 Å². The van der Waals surface area contributed by atoms with E-state index in [1.807, 2.05) is 138 Å². The van der Waals surface area contributed by atoms with E-state index < -0.39 is 0 Å². The number of rotatable bonds is 0. The van der Waals surface area contributed by atoms with E-state index in [2.05, 4.69) is 466 Å². The molecule has 0 heterocycles. The standard InChI is InChI=1S/7C12H12.3C8H10.10C2H6/c1-9-3-5-12-8-10(2)4-6-11(12)7-9;1-9-3-5-11-6-4-10(2)8-12(11)7-9;1-9-5-3-8-12-10(2)6-4-7-11(9)12;1-9-6-7-12-10(2)4-3-5-11(12)8-9;1-9-6-7-11-5-3-4-10(2)12(11)8-9;1-9-7-10(2)12-6-4-3-5-11(12)8-9;1-9-7-8-10(2)12-6-4-3-5-11(9)12;1-7-3-5-8(2)6-4-7;1-7-4-3-5-8(2)6-7;1-7-5-3-4-6-8(7)2;10*1-2/h7*3-8H,1-2H3;3*3-6H,1-2H3;10*1-2H3. The van der Waals surface area contributed by atoms with Gasteiger partial charge in [-0.25, -0.2) is 0 Å². The molecule has 0 aliphatic rings. The molecular formula is C128H174. The topological polar surface area (TPSA) is 0 Å². The summed E-state index contributed by atoms with van der Waals surface area (Å²) in [5.41, 5.74) is 26.9. The summed E-state index contributed by atoms with van der Waals surface area (Å²) in [5.74, 6) is 0. The lowest BCUT2D eigenvalue weighted by molar-refractivity contribution is 1.34. The van der Waals surface area contributed by atoms with Gasteiger partial charge in [-0.3, -0.25) is 0 Å². The van der Waals surface area contributed by atoms with E-state index >= 15 is 0 Å². The Hall–Kier alpha value is -11.4. The number of fused-ring (bicyclic) bond motifs is 7. The lowest BCUT2D eigenvalue weighted by Gasteiger charge is -2.03. The van der Waals surface area contributed by atoms with Crippen LogP contribution in [-0.2, 0) is 0 Å². The minimum atomic E-state index is 1.33. The fraction of sp³-hybridized carbons (Fsp3) is 0.312. The van der Waals surface area contributed by atoms with Gasteiger partial charge < -0.3 is 0 Å². The molecule has 0 saturated carbocycles. The smallest absolute Gasteiger partial charge is 0.0152 e. The van der Waals surface area contributed by atoms with Crippen molar-refractivity contribution in [2.24, 2.45) is 0 Å². The highest BCUT2D eigenvalue weighted by atomic mass is 14.1. The maximum atomic E-state index is 2.24. The third-order valence-corrected chi connectivity index (χ3v) is 19.6. The molecule has 0 unspecified atom stereocenters. The summed E-state index contributed by atoms with van der Waals surface area (Å²) < 4.78 is 0. The molecule has 0 radical (unpaired) electrons. The second kappa shape index (κ2) is 72.6. The van der Waals surface area contributed by atoms with Gasteiger partial charge in [0.05, 0.1) is 0 Å². The van der Waals surface area contributed by atoms with Crippen LogP contribution in [0.15, 0.2) is 328 Å². The second-order valence-electron chi connectivity index (χ2n) is 29.5. The van der Waals surface area contributed by atoms with E-state index in [0.717, 1.165) is 0 Å². The average molecular weight is 1710 g/mol. The summed E-state index contributed by atoms with van der Waals surface area (Å²) in [6.07, 6.45) is 0. The van der Waals surface area contributed by atoms with Gasteiger partial charge in [0.2, 0.25) is 0 Å². The molecule has 128 heavy (non-hydrogen) atoms. The Labute approximate surface area is 785 Å². The first-order valence-electron chi connectivity index (χ1n) is 48.1. The van der Waals surface area contributed by atoms with E-state index in [-0.39, 0.29) is 0 Å². The molecule has 17 aromatic carbocycles. The lowest BCUT2D eigenvalue weighted by atomic mass is 10.0. The van der Waals surface area contributed by atoms with Crippen LogP contribution >= 0.6 is 0 Å². The Morgan fingerprint density at radius 2 is 0.312 bits per heavy atom. The summed E-state index contributed by atoms with van der Waals surface area (Å²) in [5, 5.41) is 18.9. The highest BCUT2D eigenvalue weighted by molar-refractivity contribution is 5.91. The van der Waals surface area contributed by atoms with Crippen LogP contribution in [-0.4, -0.2) is 0 Å². The first-order valence-corrected chi connectivity index (χ1v) is 48.1. The number of hydrogen-bond donors (Lipinski definition) is 0. The van der Waals surface area contributed by atoms with Gasteiger partial charge in [0.1, 0.15) is 0 Å². The Morgan fingerprint density at radius 1 is 0.0938 bits per heavy atom. The highest BCUT2D eigenvalue weighted by Gasteiger charge is 2.02. The van der Waals surface area contributed by atoms with Gasteiger partial charge >= 0.3 is 0 Å². The quantitative estimate of drug-likeness (QED) is 0.142. The average Bonchev–Trinajstić information content (AvgIpc) is 0.808. The molecule has 0 aliphatic heterocycles. The molecule has 0 saturated heterocycles. The van der Waals surface area contributed by atoms with Crippen molar-refractivity contribution in [2.45, 2.75) is 277 Å². The van der Waals surface area contributed by atoms with E-state index in [0.29, 0.717) is 0 Å². The van der Waals surface area contributed by atoms with Crippen LogP contribution in [0.1, 0.15) is 250 Å². The third-order valence-electron chi connectivity index (χ3n) is 19.6. The van der Waals surface area contributed by atoms with Gasteiger partial charge in [-0.2, -0.15) is 0 Å². The molecule has 17 aromatic rings. The van der Waals surface area contributed by atoms with Crippen LogP contribution in [0.25, 0.3) is 75.4 Å². The van der Waals surface area contributed by atoms with Crippen LogP contribution in [0.5, 0.6) is 0 Å². The van der Waals surface area contributed by atoms with E-state index in [1.165, 1.54) is 187 Å². The molecule has 0 heteroatoms. The summed E-state index contributed by atoms with van der Waals surface area (Å²) in [4.78, 5) is 0. The van der Waals surface area contributed by atoms with Gasteiger partial charge in [0, 0.05) is 0 Å². The molecule has 0 amide bonds. The normalized spacial score (nSPS) is 9.09. The van der Waals surface area contributed by atoms with Crippen LogP contribution in [0.3, 0.4) is 0 Å². The number of benzene rings is 17. The first kappa shape index (κ1) is 121. The zero-order valence-electron chi connectivity index (χ0n) is 88.2. The molecule has 0 aliphatic carbocycles. The number of hydrogen-bond acceptors (Lipinski definition) is 0. The Morgan fingerprint density at radius 3 is 0.680 bits per heavy atom. The van der Waals surface area contributed by atoms with Gasteiger partial charge in [-0.05, 0) is 264 Å². The lowest BCUT2D eigenvalue weighted by Crippen LogP contribution is -1.80. The van der Waals surface area contributed by atoms with Crippen LogP contribution < -0.4 is 0 Å². The largest absolute Gasteiger partial charge is 0.0683 e. The van der Waals surface area contributed by atoms with Crippen molar-refractivity contribution in [3.05, 3.63) is 439 Å². The molecular weight excluding hydrogens is 1540 g/mol. The van der Waals surface area contributed by atoms with E-state index in [4.69, 9.17) is 0 Å². The molecule has 0 N–H and O–H groups in total. The Balaban J connectivity index is -0.00000133. The monoisotopic (exact) mass is 1710 g/mol. The predicted molar refractivity (Wildman–Crippen MR) is 595 cm³/mol. The van der Waals surface area contributed by atoms with E-state index in [1.54, 1.807) is 0 Å². The highest BCUT2D eigenvalue weighted by Crippen LogP contribution is 2.26. The van der Waals surface area contributed by atoms with Crippen molar-refractivity contribution in [2.75, 3.05) is 0 Å². The molecule has 17 rings (SSSR count). The van der Waals surface area contributed by atoms with Gasteiger partial charge in [0.15, 0.2) is 0 Å². The van der Waals surface area contributed by atoms with Crippen LogP contribution in [0.2, 0.25) is 0 Å². The van der Waals surface area contributed by atoms with Crippen molar-refractivity contribution in [3.63, 3.8) is 0 Å². The summed E-state index contributed by atoms with van der Waals surface area (Å²) in [6, 6.07) is 116. The predicted octanol–water partition coefficient (Wildman–Crippen LogP) is 41.4. The van der Waals surface area contributed by atoms with Crippen LogP contribution in [0.4, 0.5) is 0 Å². The summed E-state index contributed by atoms with van der Waals surface area (Å²) in [6.45, 7) is 82.6. The molecule has 0 nitrogen and oxygen atoms in total. The third kappa shape index (κ3) is 45.3. The summed E-state index contributed by atoms with van der Waals surface area (Å²) >= 11 is 0. The number of aryl methyl sites for hydroxylation is 20. The van der Waals surface area contributed by atoms with Crippen molar-refractivity contribution in [1.29, 1.82) is 0 Å². The Kier molecular flexibility index (Phi) is 68.4. The molecule has 0 fully saturated rings. The minimum absolute atomic E-state index is 1.33. The van der Waals surface area contributed by atoms with Crippen molar-refractivity contribution >= 4 is 75.4 Å².